The molecular weight excluding hydrogens is 206 g/mol. The van der Waals surface area contributed by atoms with Gasteiger partial charge in [0.2, 0.25) is 0 Å². The minimum atomic E-state index is 0.743. The van der Waals surface area contributed by atoms with E-state index in [0.29, 0.717) is 0 Å². The fourth-order valence-electron chi connectivity index (χ4n) is 1.36. The Balaban J connectivity index is 2.23. The molecule has 0 saturated carbocycles. The second-order valence-electron chi connectivity index (χ2n) is 3.89. The number of nitrogens with zero attached hydrogens (tertiary/aromatic N) is 2. The quantitative estimate of drug-likeness (QED) is 0.754. The fraction of sp³-hybridized carbons (Fsp3) is 0.727. The lowest BCUT2D eigenvalue weighted by Gasteiger charge is -2.08. The van der Waals surface area contributed by atoms with Crippen molar-refractivity contribution in [3.8, 4) is 0 Å². The first-order valence-electron chi connectivity index (χ1n) is 5.36. The third-order valence-corrected chi connectivity index (χ3v) is 3.82. The molecule has 0 radical (unpaired) electrons. The first-order chi connectivity index (χ1) is 7.15. The van der Waals surface area contributed by atoms with Crippen molar-refractivity contribution in [3.05, 3.63) is 17.5 Å². The second kappa shape index (κ2) is 6.18. The minimum absolute atomic E-state index is 0.743. The van der Waals surface area contributed by atoms with Crippen molar-refractivity contribution >= 4 is 11.8 Å². The van der Waals surface area contributed by atoms with Crippen LogP contribution in [-0.2, 0) is 13.6 Å². The number of thioether (sulfide) groups is 1. The standard InChI is InChI=1S/C11H21N3S/c1-9(15-4)5-6-12-7-11-8-13-14(3)10(11)2/h8-9,12H,5-7H2,1-4H3. The van der Waals surface area contributed by atoms with Gasteiger partial charge >= 0.3 is 0 Å². The molecule has 0 saturated heterocycles. The molecule has 0 spiro atoms. The third-order valence-electron chi connectivity index (χ3n) is 2.78. The van der Waals surface area contributed by atoms with E-state index in [2.05, 4.69) is 30.5 Å². The van der Waals surface area contributed by atoms with E-state index in [1.807, 2.05) is 29.7 Å². The molecule has 86 valence electrons. The Morgan fingerprint density at radius 2 is 2.33 bits per heavy atom. The Labute approximate surface area is 96.6 Å². The summed E-state index contributed by atoms with van der Waals surface area (Å²) in [5.41, 5.74) is 2.55. The summed E-state index contributed by atoms with van der Waals surface area (Å²) in [5.74, 6) is 0. The Morgan fingerprint density at radius 3 is 2.87 bits per heavy atom. The van der Waals surface area contributed by atoms with Crippen molar-refractivity contribution in [1.29, 1.82) is 0 Å². The molecular formula is C11H21N3S. The molecule has 0 aliphatic carbocycles. The zero-order valence-electron chi connectivity index (χ0n) is 10.1. The van der Waals surface area contributed by atoms with Gasteiger partial charge in [0, 0.05) is 30.1 Å². The van der Waals surface area contributed by atoms with E-state index >= 15 is 0 Å². The number of rotatable bonds is 6. The van der Waals surface area contributed by atoms with Gasteiger partial charge in [-0.15, -0.1) is 0 Å². The van der Waals surface area contributed by atoms with Crippen molar-refractivity contribution in [1.82, 2.24) is 15.1 Å². The summed E-state index contributed by atoms with van der Waals surface area (Å²) in [7, 11) is 1.98. The molecule has 1 heterocycles. The highest BCUT2D eigenvalue weighted by Crippen LogP contribution is 2.09. The molecule has 15 heavy (non-hydrogen) atoms. The molecule has 1 atom stereocenters. The highest BCUT2D eigenvalue weighted by Gasteiger charge is 2.03. The van der Waals surface area contributed by atoms with Gasteiger partial charge in [-0.25, -0.2) is 0 Å². The van der Waals surface area contributed by atoms with Gasteiger partial charge in [0.05, 0.1) is 6.20 Å². The SMILES string of the molecule is CSC(C)CCNCc1cnn(C)c1C. The van der Waals surface area contributed by atoms with Crippen LogP contribution in [0.1, 0.15) is 24.6 Å². The van der Waals surface area contributed by atoms with E-state index < -0.39 is 0 Å². The van der Waals surface area contributed by atoms with Crippen LogP contribution in [-0.4, -0.2) is 27.8 Å². The van der Waals surface area contributed by atoms with Crippen LogP contribution in [0.3, 0.4) is 0 Å². The van der Waals surface area contributed by atoms with Gasteiger partial charge in [0.25, 0.3) is 0 Å². The van der Waals surface area contributed by atoms with Crippen molar-refractivity contribution in [2.24, 2.45) is 7.05 Å². The maximum Gasteiger partial charge on any atom is 0.0537 e. The maximum absolute atomic E-state index is 4.22. The van der Waals surface area contributed by atoms with Crippen LogP contribution >= 0.6 is 11.8 Å². The first kappa shape index (κ1) is 12.6. The molecule has 0 fully saturated rings. The van der Waals surface area contributed by atoms with Crippen LogP contribution in [0.25, 0.3) is 0 Å². The predicted molar refractivity (Wildman–Crippen MR) is 67.2 cm³/mol. The largest absolute Gasteiger partial charge is 0.313 e. The normalized spacial score (nSPS) is 13.1. The average molecular weight is 227 g/mol. The molecule has 1 aromatic heterocycles. The molecule has 0 aromatic carbocycles. The topological polar surface area (TPSA) is 29.9 Å². The summed E-state index contributed by atoms with van der Waals surface area (Å²) in [5, 5.41) is 8.42. The summed E-state index contributed by atoms with van der Waals surface area (Å²) < 4.78 is 1.92. The van der Waals surface area contributed by atoms with Crippen LogP contribution in [0.4, 0.5) is 0 Å². The van der Waals surface area contributed by atoms with Gasteiger partial charge < -0.3 is 5.32 Å². The summed E-state index contributed by atoms with van der Waals surface area (Å²) >= 11 is 1.92. The molecule has 0 bridgehead atoms. The lowest BCUT2D eigenvalue weighted by molar-refractivity contribution is 0.644. The first-order valence-corrected chi connectivity index (χ1v) is 6.65. The summed E-state index contributed by atoms with van der Waals surface area (Å²) in [6.45, 7) is 6.38. The fourth-order valence-corrected chi connectivity index (χ4v) is 1.72. The molecule has 1 rings (SSSR count). The van der Waals surface area contributed by atoms with Gasteiger partial charge in [-0.1, -0.05) is 6.92 Å². The highest BCUT2D eigenvalue weighted by molar-refractivity contribution is 7.99. The molecule has 0 aliphatic heterocycles. The zero-order chi connectivity index (χ0) is 11.3. The van der Waals surface area contributed by atoms with Crippen molar-refractivity contribution in [2.45, 2.75) is 32.1 Å². The third kappa shape index (κ3) is 3.87. The molecule has 4 heteroatoms. The number of nitrogens with one attached hydrogen (secondary N) is 1. The van der Waals surface area contributed by atoms with Gasteiger partial charge in [0.15, 0.2) is 0 Å². The van der Waals surface area contributed by atoms with Crippen molar-refractivity contribution in [3.63, 3.8) is 0 Å². The van der Waals surface area contributed by atoms with Crippen molar-refractivity contribution in [2.75, 3.05) is 12.8 Å². The number of hydrogen-bond acceptors (Lipinski definition) is 3. The van der Waals surface area contributed by atoms with E-state index in [4.69, 9.17) is 0 Å². The summed E-state index contributed by atoms with van der Waals surface area (Å²) in [6, 6.07) is 0. The summed E-state index contributed by atoms with van der Waals surface area (Å²) in [4.78, 5) is 0. The van der Waals surface area contributed by atoms with E-state index in [1.165, 1.54) is 17.7 Å². The predicted octanol–water partition coefficient (Wildman–Crippen LogP) is 1.96. The molecule has 1 unspecified atom stereocenters. The Morgan fingerprint density at radius 1 is 1.60 bits per heavy atom. The van der Waals surface area contributed by atoms with Crippen LogP contribution in [0.15, 0.2) is 6.20 Å². The lowest BCUT2D eigenvalue weighted by atomic mass is 10.2. The Kier molecular flexibility index (Phi) is 5.19. The van der Waals surface area contributed by atoms with Crippen LogP contribution < -0.4 is 5.32 Å². The molecule has 3 nitrogen and oxygen atoms in total. The molecule has 1 aromatic rings. The smallest absolute Gasteiger partial charge is 0.0537 e. The van der Waals surface area contributed by atoms with Crippen molar-refractivity contribution < 1.29 is 0 Å². The minimum Gasteiger partial charge on any atom is -0.313 e. The van der Waals surface area contributed by atoms with Crippen LogP contribution in [0.5, 0.6) is 0 Å². The van der Waals surface area contributed by atoms with Gasteiger partial charge in [0.1, 0.15) is 0 Å². The van der Waals surface area contributed by atoms with Crippen LogP contribution in [0, 0.1) is 6.92 Å². The second-order valence-corrected chi connectivity index (χ2v) is 5.17. The monoisotopic (exact) mass is 227 g/mol. The molecule has 0 amide bonds. The van der Waals surface area contributed by atoms with Gasteiger partial charge in [-0.05, 0) is 26.1 Å². The lowest BCUT2D eigenvalue weighted by Crippen LogP contribution is -2.18. The summed E-state index contributed by atoms with van der Waals surface area (Å²) in [6.07, 6.45) is 5.33. The van der Waals surface area contributed by atoms with E-state index in [9.17, 15) is 0 Å². The Hall–Kier alpha value is -0.480. The average Bonchev–Trinajstić information content (AvgIpc) is 2.55. The maximum atomic E-state index is 4.22. The van der Waals surface area contributed by atoms with E-state index in [-0.39, 0.29) is 0 Å². The van der Waals surface area contributed by atoms with Gasteiger partial charge in [-0.3, -0.25) is 4.68 Å². The number of aryl methyl sites for hydroxylation is 1. The highest BCUT2D eigenvalue weighted by atomic mass is 32.2. The number of hydrogen-bond donors (Lipinski definition) is 1. The molecule has 0 aliphatic rings. The van der Waals surface area contributed by atoms with E-state index in [1.54, 1.807) is 0 Å². The van der Waals surface area contributed by atoms with Gasteiger partial charge in [-0.2, -0.15) is 16.9 Å². The number of aromatic nitrogens is 2. The van der Waals surface area contributed by atoms with E-state index in [0.717, 1.165) is 18.3 Å². The van der Waals surface area contributed by atoms with Crippen LogP contribution in [0.2, 0.25) is 0 Å². The zero-order valence-corrected chi connectivity index (χ0v) is 10.9. The Bertz CT molecular complexity index is 296. The molecule has 1 N–H and O–H groups in total.